The molecule has 56 heavy (non-hydrogen) atoms. The van der Waals surface area contributed by atoms with Crippen molar-refractivity contribution in [2.24, 2.45) is 57.0 Å². The number of fused-ring (bicyclic) bond motifs is 7. The van der Waals surface area contributed by atoms with Crippen molar-refractivity contribution in [3.05, 3.63) is 66.0 Å². The number of halogens is 1. The van der Waals surface area contributed by atoms with E-state index in [-0.39, 0.29) is 25.2 Å². The van der Waals surface area contributed by atoms with Crippen molar-refractivity contribution in [2.45, 2.75) is 164 Å². The maximum absolute atomic E-state index is 13.5. The zero-order valence-corrected chi connectivity index (χ0v) is 36.2. The maximum Gasteiger partial charge on any atom is 0.290 e. The molecule has 8 heteroatoms. The number of rotatable bonds is 5. The number of hydrogen-bond donors (Lipinski definition) is 3. The Balaban J connectivity index is 0.000000261. The molecule has 0 radical (unpaired) electrons. The highest BCUT2D eigenvalue weighted by Crippen LogP contribution is 2.73. The van der Waals surface area contributed by atoms with E-state index in [0.717, 1.165) is 46.3 Å². The zero-order chi connectivity index (χ0) is 41.8. The van der Waals surface area contributed by atoms with Gasteiger partial charge in [0.2, 0.25) is 6.41 Å². The van der Waals surface area contributed by atoms with Crippen molar-refractivity contribution in [3.63, 3.8) is 0 Å². The molecule has 314 valence electrons. The molecule has 6 aliphatic rings. The van der Waals surface area contributed by atoms with Crippen molar-refractivity contribution >= 4 is 18.8 Å². The van der Waals surface area contributed by atoms with E-state index in [0.29, 0.717) is 28.4 Å². The summed E-state index contributed by atoms with van der Waals surface area (Å²) in [5.41, 5.74) is 7.84. The second-order valence-electron chi connectivity index (χ2n) is 19.1. The monoisotopic (exact) mass is 778 g/mol. The topological polar surface area (TPSA) is 122 Å². The molecule has 7 nitrogen and oxygen atoms in total. The van der Waals surface area contributed by atoms with Gasteiger partial charge in [0, 0.05) is 18.2 Å². The molecule has 2 amide bonds. The van der Waals surface area contributed by atoms with Crippen LogP contribution in [0, 0.1) is 58.2 Å². The summed E-state index contributed by atoms with van der Waals surface area (Å²) in [6.07, 6.45) is 30.1. The van der Waals surface area contributed by atoms with Gasteiger partial charge in [-0.25, -0.2) is 4.39 Å². The minimum absolute atomic E-state index is 0.200. The highest BCUT2D eigenvalue weighted by atomic mass is 19.1. The first-order valence-corrected chi connectivity index (χ1v) is 21.6. The average Bonchev–Trinajstić information content (AvgIpc) is 3.56. The Morgan fingerprint density at radius 3 is 2.23 bits per heavy atom. The molecule has 4 N–H and O–H groups in total. The van der Waals surface area contributed by atoms with E-state index in [4.69, 9.17) is 14.7 Å². The minimum Gasteiger partial charge on any atom is -0.483 e. The predicted octanol–water partition coefficient (Wildman–Crippen LogP) is 11.3. The number of carboxylic acid groups (broad SMARTS) is 1. The van der Waals surface area contributed by atoms with Crippen LogP contribution in [0.25, 0.3) is 0 Å². The number of nitrogens with two attached hydrogens (primary N) is 1. The summed E-state index contributed by atoms with van der Waals surface area (Å²) in [5, 5.41) is 9.66. The fourth-order valence-electron chi connectivity index (χ4n) is 13.1. The molecule has 5 fully saturated rings. The number of nitrogens with zero attached hydrogens (tertiary/aromatic N) is 1. The molecular weight excluding hydrogens is 702 g/mol. The molecule has 9 unspecified atom stereocenters. The number of amides is 2. The van der Waals surface area contributed by atoms with E-state index < -0.39 is 5.67 Å². The summed E-state index contributed by atoms with van der Waals surface area (Å²) in [7, 11) is 0. The van der Waals surface area contributed by atoms with Crippen molar-refractivity contribution in [1.82, 2.24) is 10.3 Å². The second-order valence-corrected chi connectivity index (χ2v) is 19.1. The fourth-order valence-corrected chi connectivity index (χ4v) is 13.1. The lowest BCUT2D eigenvalue weighted by Crippen LogP contribution is -2.61. The highest BCUT2D eigenvalue weighted by Gasteiger charge is 2.64. The Morgan fingerprint density at radius 1 is 0.964 bits per heavy atom. The van der Waals surface area contributed by atoms with Gasteiger partial charge in [-0.2, -0.15) is 0 Å². The first kappa shape index (κ1) is 47.1. The summed E-state index contributed by atoms with van der Waals surface area (Å²) in [6.45, 7) is 22.1. The van der Waals surface area contributed by atoms with E-state index in [1.54, 1.807) is 69.7 Å². The third-order valence-electron chi connectivity index (χ3n) is 15.2. The summed E-state index contributed by atoms with van der Waals surface area (Å²) in [5.74, 6) is 5.03. The van der Waals surface area contributed by atoms with E-state index in [1.807, 2.05) is 26.0 Å². The molecule has 0 aromatic carbocycles. The van der Waals surface area contributed by atoms with E-state index >= 15 is 0 Å². The average molecular weight is 778 g/mol. The first-order valence-electron chi connectivity index (χ1n) is 21.6. The van der Waals surface area contributed by atoms with Crippen molar-refractivity contribution in [1.29, 1.82) is 0 Å². The summed E-state index contributed by atoms with van der Waals surface area (Å²) in [6, 6.07) is 3.82. The quantitative estimate of drug-likeness (QED) is 0.203. The third kappa shape index (κ3) is 10.8. The first-order chi connectivity index (χ1) is 26.5. The molecule has 1 aromatic heterocycles. The Kier molecular flexibility index (Phi) is 17.2. The van der Waals surface area contributed by atoms with Gasteiger partial charge in [0.25, 0.3) is 12.4 Å². The van der Waals surface area contributed by atoms with E-state index in [1.165, 1.54) is 57.6 Å². The van der Waals surface area contributed by atoms with Crippen LogP contribution in [0.3, 0.4) is 0 Å². The number of carbonyl (C=O) groups is 3. The maximum atomic E-state index is 13.5. The van der Waals surface area contributed by atoms with E-state index in [9.17, 15) is 9.18 Å². The molecule has 0 saturated heterocycles. The number of carbonyl (C=O) groups excluding carboxylic acids is 2. The lowest BCUT2D eigenvalue weighted by atomic mass is 9.36. The van der Waals surface area contributed by atoms with Crippen LogP contribution in [0.2, 0.25) is 0 Å². The number of nitrogens with one attached hydrogen (secondary N) is 1. The largest absolute Gasteiger partial charge is 0.483 e. The van der Waals surface area contributed by atoms with Gasteiger partial charge in [-0.15, -0.1) is 6.58 Å². The van der Waals surface area contributed by atoms with Gasteiger partial charge in [0.05, 0.1) is 12.2 Å². The Bertz CT molecular complexity index is 1490. The van der Waals surface area contributed by atoms with Gasteiger partial charge in [0.15, 0.2) is 0 Å². The lowest BCUT2D eigenvalue weighted by molar-refractivity contribution is -0.195. The summed E-state index contributed by atoms with van der Waals surface area (Å²) < 4.78 is 13.5. The molecule has 1 heterocycles. The number of pyridine rings is 1. The van der Waals surface area contributed by atoms with Crippen LogP contribution in [-0.2, 0) is 20.9 Å². The number of allylic oxidation sites excluding steroid dienone is 3. The van der Waals surface area contributed by atoms with Gasteiger partial charge < -0.3 is 16.2 Å². The van der Waals surface area contributed by atoms with Gasteiger partial charge in [0.1, 0.15) is 5.67 Å². The Hall–Kier alpha value is -3.29. The number of hydrogen-bond acceptors (Lipinski definition) is 4. The van der Waals surface area contributed by atoms with Crippen LogP contribution >= 0.6 is 0 Å². The Labute approximate surface area is 339 Å². The van der Waals surface area contributed by atoms with E-state index in [2.05, 4.69) is 57.2 Å². The molecule has 0 bridgehead atoms. The standard InChI is InChI=1S/C28H48.C15H17FN2O.C3H6.CH3NO.CH2O2/c1-6-14-28-17-7-9-22(28)20-10-11-24-26(4,21(20)12-19-28)18-13-23-25(2,3)15-8-16-27(23,24)5;1-11-3-4-13(17-9-11)10-18-14(19)12-5-7-15(2,16)8-6-12;1-3-2;2*2-1-3/h20-24H,6-19H2,1-5H3;3-7,9H,8,10H2,1-2H3,(H,18,19);3H,1H2,2H3;1H,(H2,2,3);1H,(H,2,3). The van der Waals surface area contributed by atoms with Crippen LogP contribution in [0.5, 0.6) is 0 Å². The van der Waals surface area contributed by atoms with Crippen molar-refractivity contribution < 1.29 is 23.9 Å². The fraction of sp³-hybridized carbons (Fsp3) is 0.708. The van der Waals surface area contributed by atoms with Crippen molar-refractivity contribution in [2.75, 3.05) is 0 Å². The Morgan fingerprint density at radius 2 is 1.64 bits per heavy atom. The third-order valence-corrected chi connectivity index (χ3v) is 15.2. The summed E-state index contributed by atoms with van der Waals surface area (Å²) >= 11 is 0. The molecule has 0 spiro atoms. The number of aromatic nitrogens is 1. The number of aryl methyl sites for hydroxylation is 1. The zero-order valence-electron chi connectivity index (χ0n) is 36.2. The predicted molar refractivity (Wildman–Crippen MR) is 227 cm³/mol. The normalized spacial score (nSPS) is 35.6. The molecule has 5 saturated carbocycles. The summed E-state index contributed by atoms with van der Waals surface area (Å²) in [4.78, 5) is 33.0. The molecule has 1 aromatic rings. The van der Waals surface area contributed by atoms with Crippen LogP contribution < -0.4 is 11.1 Å². The SMILES string of the molecule is C=CC.CCCC12CCCC1C1CCC3C(C)(CCC4C(C)(C)CCCC43C)C1CC2.Cc1ccc(CNC(=O)C2=CCC(C)(F)C=C2)nc1.NC=O.O=CO. The van der Waals surface area contributed by atoms with Crippen LogP contribution in [0.1, 0.15) is 156 Å². The molecule has 7 rings (SSSR count). The molecular formula is C48H76FN3O4. The minimum atomic E-state index is -1.34. The number of alkyl halides is 1. The van der Waals surface area contributed by atoms with Crippen LogP contribution in [-0.4, -0.2) is 34.5 Å². The highest BCUT2D eigenvalue weighted by molar-refractivity contribution is 5.96. The molecule has 9 atom stereocenters. The van der Waals surface area contributed by atoms with Gasteiger partial charge in [-0.1, -0.05) is 78.2 Å². The van der Waals surface area contributed by atoms with Gasteiger partial charge in [-0.3, -0.25) is 19.4 Å². The van der Waals surface area contributed by atoms with Gasteiger partial charge in [-0.05, 0) is 160 Å². The van der Waals surface area contributed by atoms with Crippen LogP contribution in [0.15, 0.2) is 54.8 Å². The lowest BCUT2D eigenvalue weighted by Gasteiger charge is -2.68. The second kappa shape index (κ2) is 20.4. The molecule has 6 aliphatic carbocycles. The van der Waals surface area contributed by atoms with Gasteiger partial charge >= 0.3 is 0 Å². The molecule has 0 aliphatic heterocycles. The van der Waals surface area contributed by atoms with Crippen molar-refractivity contribution in [3.8, 4) is 0 Å². The van der Waals surface area contributed by atoms with Crippen LogP contribution in [0.4, 0.5) is 4.39 Å². The number of primary amides is 1. The smallest absolute Gasteiger partial charge is 0.290 e.